The van der Waals surface area contributed by atoms with Gasteiger partial charge in [0.1, 0.15) is 0 Å². The van der Waals surface area contributed by atoms with Gasteiger partial charge in [-0.2, -0.15) is 0 Å². The maximum atomic E-state index is 9.98. The molecule has 0 unspecified atom stereocenters. The van der Waals surface area contributed by atoms with Gasteiger partial charge in [-0.05, 0) is 18.1 Å². The molecule has 2 aromatic rings. The Hall–Kier alpha value is -1.51. The molecule has 0 fully saturated rings. The number of rotatable bonds is 3. The molecule has 0 aliphatic rings. The van der Waals surface area contributed by atoms with Gasteiger partial charge in [-0.25, -0.2) is 0 Å². The lowest BCUT2D eigenvalue weighted by Gasteiger charge is -2.04. The van der Waals surface area contributed by atoms with Crippen molar-refractivity contribution < 1.29 is 9.53 Å². The maximum Gasteiger partial charge on any atom is 0.302 e. The van der Waals surface area contributed by atoms with Crippen LogP contribution in [0.4, 0.5) is 0 Å². The number of halogens is 2. The number of hydrogen-bond donors (Lipinski definition) is 0. The Balaban J connectivity index is 0.000000270. The third-order valence-electron chi connectivity index (χ3n) is 2.55. The highest BCUT2D eigenvalue weighted by atomic mass is 35.5. The Morgan fingerprint density at radius 3 is 2.24 bits per heavy atom. The van der Waals surface area contributed by atoms with E-state index in [4.69, 9.17) is 23.2 Å². The van der Waals surface area contributed by atoms with E-state index < -0.39 is 0 Å². The molecule has 0 spiro atoms. The Labute approximate surface area is 135 Å². The van der Waals surface area contributed by atoms with Crippen molar-refractivity contribution in [1.29, 1.82) is 0 Å². The molecule has 0 aromatic heterocycles. The highest BCUT2D eigenvalue weighted by Crippen LogP contribution is 2.32. The Kier molecular flexibility index (Phi) is 7.88. The van der Waals surface area contributed by atoms with Crippen LogP contribution in [0.15, 0.2) is 48.5 Å². The van der Waals surface area contributed by atoms with Crippen molar-refractivity contribution >= 4 is 29.2 Å². The summed E-state index contributed by atoms with van der Waals surface area (Å²) in [6.07, 6.45) is 0.902. The van der Waals surface area contributed by atoms with Crippen LogP contribution in [0, 0.1) is 0 Å². The van der Waals surface area contributed by atoms with Gasteiger partial charge in [-0.1, -0.05) is 72.6 Å². The molecule has 2 nitrogen and oxygen atoms in total. The zero-order valence-electron chi connectivity index (χ0n) is 12.1. The predicted octanol–water partition coefficient (Wildman–Crippen LogP) is 5.62. The van der Waals surface area contributed by atoms with Crippen molar-refractivity contribution in [2.24, 2.45) is 0 Å². The molecule has 0 aliphatic heterocycles. The fraction of sp³-hybridized carbons (Fsp3) is 0.235. The summed E-state index contributed by atoms with van der Waals surface area (Å²) in [5, 5.41) is 1.20. The summed E-state index contributed by atoms with van der Waals surface area (Å²) in [5.41, 5.74) is 2.06. The van der Waals surface area contributed by atoms with Crippen LogP contribution >= 0.6 is 23.2 Å². The Morgan fingerprint density at radius 1 is 1.05 bits per heavy atom. The van der Waals surface area contributed by atoms with Crippen LogP contribution < -0.4 is 0 Å². The molecule has 2 aromatic carbocycles. The van der Waals surface area contributed by atoms with Crippen LogP contribution in [0.1, 0.15) is 20.3 Å². The Morgan fingerprint density at radius 2 is 1.71 bits per heavy atom. The maximum absolute atomic E-state index is 9.98. The van der Waals surface area contributed by atoms with Crippen molar-refractivity contribution in [2.45, 2.75) is 20.3 Å². The van der Waals surface area contributed by atoms with E-state index in [1.54, 1.807) is 6.07 Å². The zero-order valence-corrected chi connectivity index (χ0v) is 13.6. The number of benzene rings is 2. The average Bonchev–Trinajstić information content (AvgIpc) is 2.49. The fourth-order valence-corrected chi connectivity index (χ4v) is 2.00. The fourth-order valence-electron chi connectivity index (χ4n) is 1.59. The summed E-state index contributed by atoms with van der Waals surface area (Å²) in [6, 6.07) is 15.6. The van der Waals surface area contributed by atoms with E-state index >= 15 is 0 Å². The van der Waals surface area contributed by atoms with Gasteiger partial charge in [-0.15, -0.1) is 0 Å². The predicted molar refractivity (Wildman–Crippen MR) is 88.8 cm³/mol. The van der Waals surface area contributed by atoms with Gasteiger partial charge in [0, 0.05) is 12.5 Å². The molecule has 112 valence electrons. The van der Waals surface area contributed by atoms with Crippen LogP contribution in [-0.4, -0.2) is 12.6 Å². The van der Waals surface area contributed by atoms with E-state index in [9.17, 15) is 4.79 Å². The van der Waals surface area contributed by atoms with Crippen LogP contribution in [0.3, 0.4) is 0 Å². The lowest BCUT2D eigenvalue weighted by molar-refractivity contribution is -0.140. The molecule has 2 rings (SSSR count). The van der Waals surface area contributed by atoms with Crippen LogP contribution in [0.5, 0.6) is 0 Å². The molecule has 0 saturated heterocycles. The molecule has 0 bridgehead atoms. The number of carbonyl (C=O) groups is 1. The zero-order chi connectivity index (χ0) is 15.7. The molecule has 0 saturated carbocycles. The van der Waals surface area contributed by atoms with E-state index in [0.29, 0.717) is 16.7 Å². The second kappa shape index (κ2) is 9.43. The van der Waals surface area contributed by atoms with Gasteiger partial charge >= 0.3 is 5.97 Å². The topological polar surface area (TPSA) is 26.3 Å². The van der Waals surface area contributed by atoms with Gasteiger partial charge in [0.25, 0.3) is 0 Å². The van der Waals surface area contributed by atoms with Crippen LogP contribution in [0.2, 0.25) is 10.0 Å². The van der Waals surface area contributed by atoms with E-state index in [2.05, 4.69) is 4.74 Å². The quantitative estimate of drug-likeness (QED) is 0.685. The number of esters is 1. The first-order valence-corrected chi connectivity index (χ1v) is 7.44. The van der Waals surface area contributed by atoms with Gasteiger partial charge in [0.05, 0.1) is 16.7 Å². The minimum atomic E-state index is -0.193. The van der Waals surface area contributed by atoms with Crippen LogP contribution in [0.25, 0.3) is 11.1 Å². The first-order chi connectivity index (χ1) is 10.1. The van der Waals surface area contributed by atoms with Crippen molar-refractivity contribution in [1.82, 2.24) is 0 Å². The van der Waals surface area contributed by atoms with E-state index in [1.807, 2.05) is 49.4 Å². The van der Waals surface area contributed by atoms with Gasteiger partial charge in [0.15, 0.2) is 0 Å². The normalized spacial score (nSPS) is 9.52. The number of carbonyl (C=O) groups excluding carboxylic acids is 1. The second-order valence-corrected chi connectivity index (χ2v) is 5.09. The highest BCUT2D eigenvalue weighted by molar-refractivity contribution is 6.43. The largest absolute Gasteiger partial charge is 0.466 e. The van der Waals surface area contributed by atoms with Gasteiger partial charge in [0.2, 0.25) is 0 Å². The smallest absolute Gasteiger partial charge is 0.302 e. The molecule has 0 heterocycles. The van der Waals surface area contributed by atoms with E-state index in [0.717, 1.165) is 17.5 Å². The molecule has 21 heavy (non-hydrogen) atoms. The van der Waals surface area contributed by atoms with E-state index in [1.165, 1.54) is 6.92 Å². The lowest BCUT2D eigenvalue weighted by atomic mass is 10.1. The summed E-state index contributed by atoms with van der Waals surface area (Å²) >= 11 is 12.0. The monoisotopic (exact) mass is 324 g/mol. The Bertz CT molecular complexity index is 568. The first kappa shape index (κ1) is 17.5. The number of hydrogen-bond acceptors (Lipinski definition) is 2. The minimum Gasteiger partial charge on any atom is -0.466 e. The van der Waals surface area contributed by atoms with Crippen molar-refractivity contribution in [2.75, 3.05) is 6.61 Å². The highest BCUT2D eigenvalue weighted by Gasteiger charge is 2.05. The minimum absolute atomic E-state index is 0.193. The molecule has 0 aliphatic carbocycles. The summed E-state index contributed by atoms with van der Waals surface area (Å²) in [4.78, 5) is 9.98. The molecule has 0 amide bonds. The molecule has 0 N–H and O–H groups in total. The van der Waals surface area contributed by atoms with Crippen molar-refractivity contribution in [3.63, 3.8) is 0 Å². The summed E-state index contributed by atoms with van der Waals surface area (Å²) < 4.78 is 4.55. The van der Waals surface area contributed by atoms with Gasteiger partial charge < -0.3 is 4.74 Å². The first-order valence-electron chi connectivity index (χ1n) is 6.69. The molecule has 0 radical (unpaired) electrons. The second-order valence-electron chi connectivity index (χ2n) is 4.31. The van der Waals surface area contributed by atoms with Gasteiger partial charge in [-0.3, -0.25) is 4.79 Å². The third-order valence-corrected chi connectivity index (χ3v) is 3.36. The molecular weight excluding hydrogens is 307 g/mol. The number of ether oxygens (including phenoxy) is 1. The van der Waals surface area contributed by atoms with E-state index in [-0.39, 0.29) is 5.97 Å². The molecular formula is C17H18Cl2O2. The SMILES string of the molecule is CCCOC(C)=O.Clc1cccc(-c2ccccc2)c1Cl. The standard InChI is InChI=1S/C12H8Cl2.C5H10O2/c13-11-8-4-7-10(12(11)14)9-5-2-1-3-6-9;1-3-4-7-5(2)6/h1-8H;3-4H2,1-2H3. The summed E-state index contributed by atoms with van der Waals surface area (Å²) in [5.74, 6) is -0.193. The summed E-state index contributed by atoms with van der Waals surface area (Å²) in [7, 11) is 0. The summed E-state index contributed by atoms with van der Waals surface area (Å²) in [6.45, 7) is 3.92. The lowest BCUT2D eigenvalue weighted by Crippen LogP contribution is -1.98. The molecule has 0 atom stereocenters. The third kappa shape index (κ3) is 6.19. The van der Waals surface area contributed by atoms with Crippen LogP contribution in [-0.2, 0) is 9.53 Å². The molecule has 4 heteroatoms. The van der Waals surface area contributed by atoms with Crippen molar-refractivity contribution in [3.05, 3.63) is 58.6 Å². The average molecular weight is 325 g/mol. The van der Waals surface area contributed by atoms with Crippen molar-refractivity contribution in [3.8, 4) is 11.1 Å².